The lowest BCUT2D eigenvalue weighted by molar-refractivity contribution is -0.157. The molecule has 0 radical (unpaired) electrons. The molecule has 11 amide bonds. The van der Waals surface area contributed by atoms with Gasteiger partial charge in [0.2, 0.25) is 65.0 Å². The minimum atomic E-state index is -1.61. The summed E-state index contributed by atoms with van der Waals surface area (Å²) in [5.41, 5.74) is 0. The summed E-state index contributed by atoms with van der Waals surface area (Å²) in [6.45, 7) is 32.7. The van der Waals surface area contributed by atoms with E-state index in [2.05, 4.69) is 50.4 Å². The molecule has 0 saturated carbocycles. The summed E-state index contributed by atoms with van der Waals surface area (Å²) in [4.78, 5) is 169. The molecule has 12 atom stereocenters. The van der Waals surface area contributed by atoms with Crippen LogP contribution in [0.1, 0.15) is 156 Å². The number of halogens is 1. The lowest BCUT2D eigenvalue weighted by Crippen LogP contribution is -2.63. The fourth-order valence-electron chi connectivity index (χ4n) is 10.7. The van der Waals surface area contributed by atoms with Crippen LogP contribution in [-0.2, 0) is 52.7 Å². The Morgan fingerprint density at radius 2 is 0.898 bits per heavy atom. The van der Waals surface area contributed by atoms with Gasteiger partial charge in [-0.3, -0.25) is 52.7 Å². The summed E-state index contributed by atoms with van der Waals surface area (Å²) in [6, 6.07) is -12.3. The molecule has 0 aromatic rings. The number of nitrogens with zero attached hydrogens (tertiary/aromatic N) is 7. The number of allylic oxidation sites excluding steroid dienone is 2. The van der Waals surface area contributed by atoms with E-state index in [0.717, 1.165) is 9.80 Å². The third kappa shape index (κ3) is 24.3. The number of carbonyl (C=O) groups excluding carboxylic acids is 11. The molecule has 0 aliphatic carbocycles. The van der Waals surface area contributed by atoms with Gasteiger partial charge in [0, 0.05) is 49.3 Å². The minimum Gasteiger partial charge on any atom is -0.390 e. The summed E-state index contributed by atoms with van der Waals surface area (Å²) in [6.07, 6.45) is 3.04. The van der Waals surface area contributed by atoms with Gasteiger partial charge in [0.05, 0.1) is 12.6 Å². The van der Waals surface area contributed by atoms with E-state index in [1.165, 1.54) is 87.7 Å². The van der Waals surface area contributed by atoms with E-state index in [-0.39, 0.29) is 55.8 Å². The molecule has 1 aliphatic rings. The van der Waals surface area contributed by atoms with Crippen molar-refractivity contribution in [3.63, 3.8) is 0 Å². The molecular weight excluding hydrogens is 1240 g/mol. The molecule has 0 bridgehead atoms. The Kier molecular flexibility index (Phi) is 36.3. The van der Waals surface area contributed by atoms with Crippen molar-refractivity contribution in [3.05, 3.63) is 22.8 Å². The van der Waals surface area contributed by atoms with Crippen LogP contribution >= 0.6 is 22.6 Å². The van der Waals surface area contributed by atoms with Gasteiger partial charge in [-0.1, -0.05) is 138 Å². The first-order valence-electron chi connectivity index (χ1n) is 31.2. The predicted octanol–water partition coefficient (Wildman–Crippen LogP) is 4.83. The largest absolute Gasteiger partial charge is 0.390 e. The molecule has 504 valence electrons. The maximum Gasteiger partial charge on any atom is 0.246 e. The molecule has 1 rings (SSSR count). The average Bonchev–Trinajstić information content (AvgIpc) is 1.59. The van der Waals surface area contributed by atoms with E-state index < -0.39 is 156 Å². The van der Waals surface area contributed by atoms with Gasteiger partial charge >= 0.3 is 0 Å². The first kappa shape index (κ1) is 82.3. The Bertz CT molecular complexity index is 2380. The SMILES string of the molecule is C=CI.CC=CC[C@@H](C)[C@@H](O)[C@H]1C(=O)N[C@@H](CC)C(=O)N(C)CC(=O)N(C)[C@@H](CC(C)C)C(=O)N[C@@H](C(C)C)C(=O)N(C)[C@@H](CC(C)C)C(=O)N[C@@H](C)C(=O)N[C@H](C)C(=O)N(C)[C@@H](CC(C)C)C(=O)N(C)[C@@H](CC(C)C)C(=O)N(C)[C@@H](C(C)C)C(=O)N1C. The Morgan fingerprint density at radius 1 is 0.500 bits per heavy atom. The maximum absolute atomic E-state index is 15.1. The lowest BCUT2D eigenvalue weighted by Gasteiger charge is -2.41. The second kappa shape index (κ2) is 38.8. The lowest BCUT2D eigenvalue weighted by atomic mass is 9.91. The van der Waals surface area contributed by atoms with E-state index >= 15 is 9.59 Å². The number of amides is 11. The number of aliphatic hydroxyl groups excluding tert-OH is 1. The molecule has 24 heteroatoms. The smallest absolute Gasteiger partial charge is 0.246 e. The van der Waals surface area contributed by atoms with Crippen molar-refractivity contribution in [1.29, 1.82) is 0 Å². The molecule has 0 spiro atoms. The van der Waals surface area contributed by atoms with Gasteiger partial charge in [0.15, 0.2) is 0 Å². The topological polar surface area (TPSA) is 279 Å². The summed E-state index contributed by atoms with van der Waals surface area (Å²) < 4.78 is 1.72. The van der Waals surface area contributed by atoms with Crippen LogP contribution in [0.25, 0.3) is 0 Å². The predicted molar refractivity (Wildman–Crippen MR) is 353 cm³/mol. The Morgan fingerprint density at radius 3 is 1.33 bits per heavy atom. The second-order valence-electron chi connectivity index (χ2n) is 26.2. The monoisotopic (exact) mass is 1360 g/mol. The van der Waals surface area contributed by atoms with Crippen LogP contribution in [0.2, 0.25) is 0 Å². The van der Waals surface area contributed by atoms with Gasteiger partial charge in [0.1, 0.15) is 60.4 Å². The van der Waals surface area contributed by atoms with Gasteiger partial charge < -0.3 is 60.7 Å². The number of carbonyl (C=O) groups is 11. The average molecular weight is 1360 g/mol. The van der Waals surface area contributed by atoms with Crippen molar-refractivity contribution in [3.8, 4) is 0 Å². The highest BCUT2D eigenvalue weighted by Gasteiger charge is 2.45. The second-order valence-corrected chi connectivity index (χ2v) is 27.1. The highest BCUT2D eigenvalue weighted by molar-refractivity contribution is 14.1. The van der Waals surface area contributed by atoms with Crippen molar-refractivity contribution in [2.75, 3.05) is 55.9 Å². The van der Waals surface area contributed by atoms with Gasteiger partial charge in [0.25, 0.3) is 0 Å². The number of aliphatic hydroxyl groups is 1. The number of rotatable bonds is 15. The van der Waals surface area contributed by atoms with Crippen LogP contribution in [0.4, 0.5) is 0 Å². The van der Waals surface area contributed by atoms with Crippen LogP contribution in [0, 0.1) is 41.4 Å². The fraction of sp³-hybridized carbons (Fsp3) is 0.766. The molecule has 0 unspecified atom stereocenters. The van der Waals surface area contributed by atoms with Crippen molar-refractivity contribution >= 4 is 87.6 Å². The number of likely N-dealkylation sites (N-methyl/N-ethyl adjacent to an activating group) is 7. The maximum atomic E-state index is 15.1. The zero-order chi connectivity index (χ0) is 68.7. The van der Waals surface area contributed by atoms with Crippen LogP contribution in [0.3, 0.4) is 0 Å². The van der Waals surface area contributed by atoms with E-state index in [1.54, 1.807) is 58.6 Å². The van der Waals surface area contributed by atoms with E-state index in [9.17, 15) is 48.3 Å². The Balaban J connectivity index is 0.0000247. The molecule has 1 aliphatic heterocycles. The standard InChI is InChI=1S/C62H111N11O12.C2H3I/c1-25-27-28-40(15)52(75)51-56(79)65-43(26-2)58(81)67(18)33-48(74)68(19)44(29-34(3)4)55(78)66-49(38(11)12)61(84)69(20)45(30-35(5)6)54(77)63-41(16)53(76)64-42(17)57(80)70(21)46(31-36(7)8)59(82)71(22)47(32-37(9)10)60(83)72(23)50(39(13)14)62(85)73(51)24;1-2-3/h25,27,34-47,49-52,75H,26,28-33H2,1-24H3,(H,63,77)(H,64,76)(H,65,79)(H,66,78);2H,1H2/t40-,41+,42-,43+,44+,45+,46+,47+,49+,50+,51+,52-;/m1./s1. The zero-order valence-electron chi connectivity index (χ0n) is 57.7. The van der Waals surface area contributed by atoms with E-state index in [0.29, 0.717) is 6.42 Å². The summed E-state index contributed by atoms with van der Waals surface area (Å²) in [7, 11) is 9.92. The van der Waals surface area contributed by atoms with E-state index in [1.807, 2.05) is 61.5 Å². The number of nitrogens with one attached hydrogen (secondary N) is 4. The molecule has 1 heterocycles. The highest BCUT2D eigenvalue weighted by Crippen LogP contribution is 2.26. The van der Waals surface area contributed by atoms with Crippen LogP contribution < -0.4 is 21.3 Å². The van der Waals surface area contributed by atoms with E-state index in [4.69, 9.17) is 0 Å². The Hall–Kier alpha value is -5.66. The first-order chi connectivity index (χ1) is 40.6. The normalized spacial score (nSPS) is 26.1. The van der Waals surface area contributed by atoms with Crippen LogP contribution in [0.5, 0.6) is 0 Å². The van der Waals surface area contributed by atoms with Crippen molar-refractivity contribution in [1.82, 2.24) is 55.6 Å². The van der Waals surface area contributed by atoms with Crippen LogP contribution in [0.15, 0.2) is 22.8 Å². The quantitative estimate of drug-likeness (QED) is 0.109. The summed E-state index contributed by atoms with van der Waals surface area (Å²) in [5.74, 6) is -9.71. The molecule has 23 nitrogen and oxygen atoms in total. The molecular formula is C64H114IN11O12. The van der Waals surface area contributed by atoms with Gasteiger partial charge in [-0.2, -0.15) is 0 Å². The molecule has 1 saturated heterocycles. The van der Waals surface area contributed by atoms with Crippen LogP contribution in [-0.4, -0.2) is 227 Å². The van der Waals surface area contributed by atoms with Gasteiger partial charge in [-0.15, -0.1) is 0 Å². The number of hydrogen-bond donors (Lipinski definition) is 5. The molecule has 88 heavy (non-hydrogen) atoms. The zero-order valence-corrected chi connectivity index (χ0v) is 59.9. The summed E-state index contributed by atoms with van der Waals surface area (Å²) >= 11 is 2.05. The fourth-order valence-corrected chi connectivity index (χ4v) is 10.7. The molecule has 1 fully saturated rings. The highest BCUT2D eigenvalue weighted by atomic mass is 127. The Labute approximate surface area is 541 Å². The summed E-state index contributed by atoms with van der Waals surface area (Å²) in [5, 5.41) is 23.1. The first-order valence-corrected chi connectivity index (χ1v) is 32.4. The molecule has 5 N–H and O–H groups in total. The third-order valence-electron chi connectivity index (χ3n) is 16.1. The van der Waals surface area contributed by atoms with Crippen molar-refractivity contribution < 1.29 is 57.8 Å². The van der Waals surface area contributed by atoms with Crippen molar-refractivity contribution in [2.24, 2.45) is 41.4 Å². The number of hydrogen-bond acceptors (Lipinski definition) is 12. The van der Waals surface area contributed by atoms with Gasteiger partial charge in [-0.05, 0) is 105 Å². The molecule has 0 aromatic carbocycles. The minimum absolute atomic E-state index is 0.0229. The molecule has 0 aromatic heterocycles. The third-order valence-corrected chi connectivity index (χ3v) is 16.1. The van der Waals surface area contributed by atoms with Crippen molar-refractivity contribution in [2.45, 2.75) is 223 Å². The van der Waals surface area contributed by atoms with Gasteiger partial charge in [-0.25, -0.2) is 0 Å².